The predicted octanol–water partition coefficient (Wildman–Crippen LogP) is 2.78. The van der Waals surface area contributed by atoms with Crippen molar-refractivity contribution in [1.82, 2.24) is 9.29 Å². The van der Waals surface area contributed by atoms with Crippen molar-refractivity contribution in [2.24, 2.45) is 5.92 Å². The molecule has 0 bridgehead atoms. The molecule has 2 aromatic carbocycles. The van der Waals surface area contributed by atoms with E-state index >= 15 is 0 Å². The standard InChI is InChI=1S/C21H23N3O5S/c1-13-8-14(2)10-16(9-13)22-20(25)15-4-3-7-24(12-15)30(27,28)17-5-6-18-19(11-17)29-21(26)23-18/h5-6,8-11,15H,3-4,7,12H2,1-2H3,(H,22,25)(H,23,26)/t15-/m0/s1. The van der Waals surface area contributed by atoms with Crippen LogP contribution >= 0.6 is 0 Å². The largest absolute Gasteiger partial charge is 0.417 e. The number of amides is 1. The summed E-state index contributed by atoms with van der Waals surface area (Å²) in [6, 6.07) is 10.1. The van der Waals surface area contributed by atoms with Gasteiger partial charge in [0.1, 0.15) is 0 Å². The fourth-order valence-electron chi connectivity index (χ4n) is 3.90. The van der Waals surface area contributed by atoms with Crippen LogP contribution in [0.4, 0.5) is 5.69 Å². The molecular formula is C21H23N3O5S. The number of H-pyrrole nitrogens is 1. The second-order valence-electron chi connectivity index (χ2n) is 7.74. The van der Waals surface area contributed by atoms with E-state index in [-0.39, 0.29) is 22.9 Å². The lowest BCUT2D eigenvalue weighted by Gasteiger charge is -2.31. The number of rotatable bonds is 4. The number of aromatic amines is 1. The number of nitrogens with one attached hydrogen (secondary N) is 2. The van der Waals surface area contributed by atoms with Gasteiger partial charge in [-0.25, -0.2) is 13.2 Å². The average molecular weight is 429 g/mol. The van der Waals surface area contributed by atoms with E-state index in [9.17, 15) is 18.0 Å². The van der Waals surface area contributed by atoms with Crippen LogP contribution in [0.3, 0.4) is 0 Å². The van der Waals surface area contributed by atoms with Crippen molar-refractivity contribution in [3.63, 3.8) is 0 Å². The van der Waals surface area contributed by atoms with E-state index in [0.717, 1.165) is 11.1 Å². The minimum absolute atomic E-state index is 0.0353. The third kappa shape index (κ3) is 4.03. The summed E-state index contributed by atoms with van der Waals surface area (Å²) in [7, 11) is -3.82. The highest BCUT2D eigenvalue weighted by atomic mass is 32.2. The van der Waals surface area contributed by atoms with Gasteiger partial charge in [-0.1, -0.05) is 6.07 Å². The summed E-state index contributed by atoms with van der Waals surface area (Å²) in [6.45, 7) is 4.36. The van der Waals surface area contributed by atoms with E-state index in [1.807, 2.05) is 32.0 Å². The summed E-state index contributed by atoms with van der Waals surface area (Å²) in [5.41, 5.74) is 3.42. The van der Waals surface area contributed by atoms with Gasteiger partial charge in [-0.05, 0) is 62.1 Å². The second kappa shape index (κ2) is 7.73. The molecule has 0 spiro atoms. The zero-order valence-electron chi connectivity index (χ0n) is 16.8. The first-order valence-electron chi connectivity index (χ1n) is 9.74. The molecule has 1 fully saturated rings. The van der Waals surface area contributed by atoms with Crippen LogP contribution in [0, 0.1) is 19.8 Å². The minimum atomic E-state index is -3.82. The van der Waals surface area contributed by atoms with Crippen LogP contribution in [-0.4, -0.2) is 36.7 Å². The Kier molecular flexibility index (Phi) is 5.25. The zero-order valence-corrected chi connectivity index (χ0v) is 17.6. The SMILES string of the molecule is Cc1cc(C)cc(NC(=O)[C@H]2CCCN(S(=O)(=O)c3ccc4[nH]c(=O)oc4c3)C2)c1. The maximum atomic E-state index is 13.1. The Morgan fingerprint density at radius 1 is 1.17 bits per heavy atom. The predicted molar refractivity (Wildman–Crippen MR) is 113 cm³/mol. The quantitative estimate of drug-likeness (QED) is 0.662. The van der Waals surface area contributed by atoms with Crippen LogP contribution in [0.25, 0.3) is 11.1 Å². The van der Waals surface area contributed by atoms with Crippen molar-refractivity contribution >= 4 is 32.7 Å². The third-order valence-corrected chi connectivity index (χ3v) is 7.14. The van der Waals surface area contributed by atoms with Crippen molar-refractivity contribution in [1.29, 1.82) is 0 Å². The molecule has 4 rings (SSSR count). The first-order chi connectivity index (χ1) is 14.2. The Hall–Kier alpha value is -2.91. The van der Waals surface area contributed by atoms with Gasteiger partial charge >= 0.3 is 5.76 Å². The molecule has 1 aliphatic heterocycles. The molecular weight excluding hydrogens is 406 g/mol. The Morgan fingerprint density at radius 2 is 1.90 bits per heavy atom. The van der Waals surface area contributed by atoms with Gasteiger partial charge < -0.3 is 9.73 Å². The van der Waals surface area contributed by atoms with Crippen LogP contribution in [0.15, 0.2) is 50.5 Å². The molecule has 1 atom stereocenters. The van der Waals surface area contributed by atoms with Gasteiger partial charge in [-0.3, -0.25) is 9.78 Å². The van der Waals surface area contributed by atoms with Crippen molar-refractivity contribution in [2.75, 3.05) is 18.4 Å². The Morgan fingerprint density at radius 3 is 2.63 bits per heavy atom. The number of carbonyl (C=O) groups excluding carboxylic acids is 1. The number of aromatic nitrogens is 1. The van der Waals surface area contributed by atoms with Crippen molar-refractivity contribution < 1.29 is 17.6 Å². The molecule has 0 aliphatic carbocycles. The molecule has 3 aromatic rings. The maximum Gasteiger partial charge on any atom is 0.417 e. The van der Waals surface area contributed by atoms with Crippen molar-refractivity contribution in [3.8, 4) is 0 Å². The first kappa shape index (κ1) is 20.4. The number of carbonyl (C=O) groups is 1. The van der Waals surface area contributed by atoms with E-state index in [1.54, 1.807) is 0 Å². The number of piperidine rings is 1. The number of hydrogen-bond acceptors (Lipinski definition) is 5. The monoisotopic (exact) mass is 429 g/mol. The summed E-state index contributed by atoms with van der Waals surface area (Å²) < 4.78 is 32.5. The molecule has 0 unspecified atom stereocenters. The average Bonchev–Trinajstić information content (AvgIpc) is 3.06. The molecule has 2 N–H and O–H groups in total. The van der Waals surface area contributed by atoms with Crippen LogP contribution in [0.2, 0.25) is 0 Å². The van der Waals surface area contributed by atoms with E-state index < -0.39 is 21.7 Å². The fourth-order valence-corrected chi connectivity index (χ4v) is 5.44. The Bertz CT molecular complexity index is 1260. The van der Waals surface area contributed by atoms with Gasteiger partial charge in [0.05, 0.1) is 16.3 Å². The number of oxazole rings is 1. The maximum absolute atomic E-state index is 13.1. The summed E-state index contributed by atoms with van der Waals surface area (Å²) in [5, 5.41) is 2.92. The summed E-state index contributed by atoms with van der Waals surface area (Å²) in [4.78, 5) is 26.6. The topological polar surface area (TPSA) is 112 Å². The summed E-state index contributed by atoms with van der Waals surface area (Å²) >= 11 is 0. The minimum Gasteiger partial charge on any atom is -0.408 e. The number of nitrogens with zero attached hydrogens (tertiary/aromatic N) is 1. The molecule has 1 aliphatic rings. The molecule has 1 aromatic heterocycles. The van der Waals surface area contributed by atoms with Gasteiger partial charge in [-0.15, -0.1) is 0 Å². The summed E-state index contributed by atoms with van der Waals surface area (Å²) in [5.74, 6) is -1.27. The molecule has 9 heteroatoms. The highest BCUT2D eigenvalue weighted by molar-refractivity contribution is 7.89. The normalized spacial score (nSPS) is 17.9. The third-order valence-electron chi connectivity index (χ3n) is 5.27. The van der Waals surface area contributed by atoms with Crippen LogP contribution in [0.1, 0.15) is 24.0 Å². The number of sulfonamides is 1. The summed E-state index contributed by atoms with van der Waals surface area (Å²) in [6.07, 6.45) is 1.21. The molecule has 30 heavy (non-hydrogen) atoms. The lowest BCUT2D eigenvalue weighted by molar-refractivity contribution is -0.120. The first-order valence-corrected chi connectivity index (χ1v) is 11.2. The highest BCUT2D eigenvalue weighted by Gasteiger charge is 2.33. The van der Waals surface area contributed by atoms with Crippen molar-refractivity contribution in [2.45, 2.75) is 31.6 Å². The Labute approximate surface area is 173 Å². The van der Waals surface area contributed by atoms with Crippen molar-refractivity contribution in [3.05, 3.63) is 58.1 Å². The van der Waals surface area contributed by atoms with E-state index in [2.05, 4.69) is 10.3 Å². The molecule has 8 nitrogen and oxygen atoms in total. The molecule has 2 heterocycles. The zero-order chi connectivity index (χ0) is 21.5. The molecule has 158 valence electrons. The van der Waals surface area contributed by atoms with E-state index in [0.29, 0.717) is 30.6 Å². The number of fused-ring (bicyclic) bond motifs is 1. The highest BCUT2D eigenvalue weighted by Crippen LogP contribution is 2.26. The lowest BCUT2D eigenvalue weighted by Crippen LogP contribution is -2.43. The van der Waals surface area contributed by atoms with Gasteiger partial charge in [0, 0.05) is 24.8 Å². The number of aryl methyl sites for hydroxylation is 2. The van der Waals surface area contributed by atoms with Crippen LogP contribution < -0.4 is 11.1 Å². The lowest BCUT2D eigenvalue weighted by atomic mass is 9.98. The number of hydrogen-bond donors (Lipinski definition) is 2. The van der Waals surface area contributed by atoms with Crippen LogP contribution in [0.5, 0.6) is 0 Å². The molecule has 1 amide bonds. The molecule has 0 radical (unpaired) electrons. The smallest absolute Gasteiger partial charge is 0.408 e. The number of anilines is 1. The van der Waals surface area contributed by atoms with Gasteiger partial charge in [0.25, 0.3) is 0 Å². The molecule has 1 saturated heterocycles. The van der Waals surface area contributed by atoms with Crippen LogP contribution in [-0.2, 0) is 14.8 Å². The van der Waals surface area contributed by atoms with Gasteiger partial charge in [-0.2, -0.15) is 4.31 Å². The molecule has 0 saturated carbocycles. The second-order valence-corrected chi connectivity index (χ2v) is 9.68. The fraction of sp³-hybridized carbons (Fsp3) is 0.333. The van der Waals surface area contributed by atoms with Gasteiger partial charge in [0.15, 0.2) is 5.58 Å². The Balaban J connectivity index is 1.53. The van der Waals surface area contributed by atoms with E-state index in [4.69, 9.17) is 4.42 Å². The number of benzene rings is 2. The van der Waals surface area contributed by atoms with E-state index in [1.165, 1.54) is 22.5 Å². The van der Waals surface area contributed by atoms with Gasteiger partial charge in [0.2, 0.25) is 15.9 Å².